The Balaban J connectivity index is 1.53. The van der Waals surface area contributed by atoms with Gasteiger partial charge in [-0.2, -0.15) is 0 Å². The number of amides is 1. The van der Waals surface area contributed by atoms with Crippen molar-refractivity contribution in [2.45, 2.75) is 24.9 Å². The molecule has 1 amide bonds. The van der Waals surface area contributed by atoms with E-state index in [-0.39, 0.29) is 19.1 Å². The van der Waals surface area contributed by atoms with Crippen LogP contribution in [0.1, 0.15) is 23.1 Å². The third-order valence-electron chi connectivity index (χ3n) is 5.74. The molecule has 0 spiro atoms. The van der Waals surface area contributed by atoms with Gasteiger partial charge in [0, 0.05) is 41.1 Å². The number of benzene rings is 3. The van der Waals surface area contributed by atoms with Crippen molar-refractivity contribution < 1.29 is 19.4 Å². The number of aliphatic hydroxyl groups excluding tert-OH is 1. The lowest BCUT2D eigenvalue weighted by Gasteiger charge is -2.24. The lowest BCUT2D eigenvalue weighted by atomic mass is 9.91. The Morgan fingerprint density at radius 3 is 2.53 bits per heavy atom. The van der Waals surface area contributed by atoms with E-state index in [1.807, 2.05) is 66.7 Å². The molecule has 9 heteroatoms. The van der Waals surface area contributed by atoms with E-state index in [4.69, 9.17) is 31.2 Å². The van der Waals surface area contributed by atoms with E-state index in [1.165, 1.54) is 0 Å². The molecular weight excluding hydrogens is 546 g/mol. The molecule has 4 rings (SSSR count). The van der Waals surface area contributed by atoms with Gasteiger partial charge in [0.1, 0.15) is 12.4 Å². The number of hydrogen-bond donors (Lipinski definition) is 3. The monoisotopic (exact) mass is 571 g/mol. The second-order valence-electron chi connectivity index (χ2n) is 8.35. The fourth-order valence-electron chi connectivity index (χ4n) is 3.76. The van der Waals surface area contributed by atoms with E-state index >= 15 is 0 Å². The van der Waals surface area contributed by atoms with Crippen molar-refractivity contribution in [3.63, 3.8) is 0 Å². The Hall–Kier alpha value is -2.91. The highest BCUT2D eigenvalue weighted by Crippen LogP contribution is 2.30. The molecule has 7 nitrogen and oxygen atoms in total. The van der Waals surface area contributed by atoms with Crippen molar-refractivity contribution >= 4 is 39.3 Å². The molecule has 0 fully saturated rings. The first-order valence-corrected chi connectivity index (χ1v) is 12.7. The van der Waals surface area contributed by atoms with E-state index in [9.17, 15) is 4.79 Å². The number of ether oxygens (including phenoxy) is 2. The summed E-state index contributed by atoms with van der Waals surface area (Å²) >= 11 is 9.81. The zero-order valence-electron chi connectivity index (χ0n) is 19.5. The Kier molecular flexibility index (Phi) is 8.98. The first-order valence-electron chi connectivity index (χ1n) is 11.6. The topological polar surface area (TPSA) is 92.2 Å². The molecule has 0 aliphatic carbocycles. The lowest BCUT2D eigenvalue weighted by molar-refractivity contribution is -0.127. The summed E-state index contributed by atoms with van der Waals surface area (Å²) in [5.74, 6) is 0.779. The van der Waals surface area contributed by atoms with Crippen LogP contribution in [0.25, 0.3) is 0 Å². The van der Waals surface area contributed by atoms with Crippen LogP contribution in [-0.2, 0) is 22.5 Å². The highest BCUT2D eigenvalue weighted by molar-refractivity contribution is 9.10. The number of hydrazine groups is 1. The molecule has 3 aromatic rings. The SMILES string of the molecule is O=C(NNCc1ccccc1Cl)[C@]1(Cc2ccccc2Br)COC(c2ccc(OCCCO)cc2)=N1. The van der Waals surface area contributed by atoms with Crippen LogP contribution in [-0.4, -0.2) is 42.3 Å². The average molecular weight is 573 g/mol. The van der Waals surface area contributed by atoms with Crippen molar-refractivity contribution in [3.8, 4) is 5.75 Å². The molecule has 1 atom stereocenters. The number of rotatable bonds is 11. The van der Waals surface area contributed by atoms with Gasteiger partial charge in [-0.05, 0) is 47.5 Å². The Morgan fingerprint density at radius 1 is 1.08 bits per heavy atom. The van der Waals surface area contributed by atoms with E-state index < -0.39 is 5.54 Å². The number of halogens is 2. The summed E-state index contributed by atoms with van der Waals surface area (Å²) in [4.78, 5) is 18.3. The van der Waals surface area contributed by atoms with Gasteiger partial charge < -0.3 is 14.6 Å². The first-order chi connectivity index (χ1) is 17.5. The molecule has 0 saturated heterocycles. The highest BCUT2D eigenvalue weighted by Gasteiger charge is 2.45. The predicted molar refractivity (Wildman–Crippen MR) is 143 cm³/mol. The van der Waals surface area contributed by atoms with Crippen molar-refractivity contribution in [2.75, 3.05) is 19.8 Å². The molecule has 3 N–H and O–H groups in total. The predicted octanol–water partition coefficient (Wildman–Crippen LogP) is 4.44. The van der Waals surface area contributed by atoms with Crippen LogP contribution in [0.15, 0.2) is 82.3 Å². The van der Waals surface area contributed by atoms with E-state index in [2.05, 4.69) is 26.8 Å². The quantitative estimate of drug-likeness (QED) is 0.233. The number of carbonyl (C=O) groups is 1. The molecule has 0 bridgehead atoms. The Morgan fingerprint density at radius 2 is 1.81 bits per heavy atom. The molecule has 188 valence electrons. The Labute approximate surface area is 223 Å². The molecular formula is C27H27BrClN3O4. The van der Waals surface area contributed by atoms with Crippen LogP contribution in [0.5, 0.6) is 5.75 Å². The molecule has 0 aromatic heterocycles. The lowest BCUT2D eigenvalue weighted by Crippen LogP contribution is -2.52. The van der Waals surface area contributed by atoms with Gasteiger partial charge in [-0.3, -0.25) is 10.2 Å². The summed E-state index contributed by atoms with van der Waals surface area (Å²) in [6.45, 7) is 0.977. The van der Waals surface area contributed by atoms with Crippen molar-refractivity contribution in [1.82, 2.24) is 10.9 Å². The molecule has 0 radical (unpaired) electrons. The van der Waals surface area contributed by atoms with Gasteiger partial charge in [0.15, 0.2) is 5.54 Å². The summed E-state index contributed by atoms with van der Waals surface area (Å²) in [6, 6.07) is 22.5. The van der Waals surface area contributed by atoms with Crippen molar-refractivity contribution in [1.29, 1.82) is 0 Å². The van der Waals surface area contributed by atoms with Crippen molar-refractivity contribution in [2.24, 2.45) is 4.99 Å². The smallest absolute Gasteiger partial charge is 0.266 e. The zero-order valence-corrected chi connectivity index (χ0v) is 21.9. The average Bonchev–Trinajstić information content (AvgIpc) is 3.32. The summed E-state index contributed by atoms with van der Waals surface area (Å²) in [7, 11) is 0. The second-order valence-corrected chi connectivity index (χ2v) is 9.62. The molecule has 1 aliphatic heterocycles. The summed E-state index contributed by atoms with van der Waals surface area (Å²) in [6.07, 6.45) is 0.911. The van der Waals surface area contributed by atoms with Crippen LogP contribution in [0.3, 0.4) is 0 Å². The second kappa shape index (κ2) is 12.4. The largest absolute Gasteiger partial charge is 0.494 e. The molecule has 36 heavy (non-hydrogen) atoms. The fourth-order valence-corrected chi connectivity index (χ4v) is 4.39. The molecule has 3 aromatic carbocycles. The van der Waals surface area contributed by atoms with Gasteiger partial charge in [0.2, 0.25) is 5.90 Å². The molecule has 1 heterocycles. The summed E-state index contributed by atoms with van der Waals surface area (Å²) in [5, 5.41) is 9.54. The maximum absolute atomic E-state index is 13.5. The van der Waals surface area contributed by atoms with Gasteiger partial charge in [-0.25, -0.2) is 10.4 Å². The maximum atomic E-state index is 13.5. The minimum absolute atomic E-state index is 0.0810. The van der Waals surface area contributed by atoms with Crippen molar-refractivity contribution in [3.05, 3.63) is 99.0 Å². The van der Waals surface area contributed by atoms with Crippen LogP contribution in [0.2, 0.25) is 5.02 Å². The third-order valence-corrected chi connectivity index (χ3v) is 6.88. The van der Waals surface area contributed by atoms with Gasteiger partial charge in [0.25, 0.3) is 5.91 Å². The van der Waals surface area contributed by atoms with Gasteiger partial charge >= 0.3 is 0 Å². The molecule has 0 unspecified atom stereocenters. The minimum atomic E-state index is -1.16. The fraction of sp³-hybridized carbons (Fsp3) is 0.259. The highest BCUT2D eigenvalue weighted by atomic mass is 79.9. The van der Waals surface area contributed by atoms with Crippen LogP contribution in [0, 0.1) is 0 Å². The van der Waals surface area contributed by atoms with E-state index in [0.717, 1.165) is 21.2 Å². The van der Waals surface area contributed by atoms with Crippen LogP contribution in [0.4, 0.5) is 0 Å². The third kappa shape index (κ3) is 6.44. The van der Waals surface area contributed by atoms with Gasteiger partial charge in [-0.15, -0.1) is 0 Å². The molecule has 1 aliphatic rings. The number of carbonyl (C=O) groups excluding carboxylic acids is 1. The van der Waals surface area contributed by atoms with Crippen LogP contribution < -0.4 is 15.6 Å². The maximum Gasteiger partial charge on any atom is 0.266 e. The standard InChI is InChI=1S/C27H27BrClN3O4/c28-23-8-3-1-6-20(23)16-27(26(34)32-30-17-21-7-2-4-9-24(21)29)18-36-25(31-27)19-10-12-22(13-11-19)35-15-5-14-33/h1-4,6-13,30,33H,5,14-18H2,(H,32,34)/t27-/m0/s1. The van der Waals surface area contributed by atoms with Gasteiger partial charge in [0.05, 0.1) is 6.61 Å². The van der Waals surface area contributed by atoms with Crippen LogP contribution >= 0.6 is 27.5 Å². The zero-order chi connectivity index (χ0) is 25.4. The van der Waals surface area contributed by atoms with Gasteiger partial charge in [-0.1, -0.05) is 63.9 Å². The number of aliphatic imine (C=N–C) groups is 1. The summed E-state index contributed by atoms with van der Waals surface area (Å²) < 4.78 is 12.5. The van der Waals surface area contributed by atoms with E-state index in [0.29, 0.717) is 42.7 Å². The first kappa shape index (κ1) is 26.2. The normalized spacial score (nSPS) is 16.8. The Bertz CT molecular complexity index is 1220. The minimum Gasteiger partial charge on any atom is -0.494 e. The van der Waals surface area contributed by atoms with E-state index in [1.54, 1.807) is 6.07 Å². The number of nitrogens with one attached hydrogen (secondary N) is 2. The number of nitrogens with zero attached hydrogens (tertiary/aromatic N) is 1. The number of hydrogen-bond acceptors (Lipinski definition) is 6. The molecule has 0 saturated carbocycles. The summed E-state index contributed by atoms with van der Waals surface area (Å²) in [5.41, 5.74) is 7.17. The number of aliphatic hydroxyl groups is 1.